The number of benzene rings is 2. The molecule has 0 aromatic heterocycles. The summed E-state index contributed by atoms with van der Waals surface area (Å²) in [5.41, 5.74) is 1.97. The molecular formula is C26H34N4O2. The number of piperazine rings is 2. The summed E-state index contributed by atoms with van der Waals surface area (Å²) in [5.74, 6) is 0.382. The first-order valence-electron chi connectivity index (χ1n) is 12.1. The molecule has 0 atom stereocenters. The molecule has 3 fully saturated rings. The lowest BCUT2D eigenvalue weighted by molar-refractivity contribution is -0.134. The van der Waals surface area contributed by atoms with Gasteiger partial charge in [0.05, 0.1) is 6.54 Å². The van der Waals surface area contributed by atoms with Crippen LogP contribution in [0.1, 0.15) is 36.5 Å². The fourth-order valence-electron chi connectivity index (χ4n) is 5.39. The highest BCUT2D eigenvalue weighted by Crippen LogP contribution is 2.30. The summed E-state index contributed by atoms with van der Waals surface area (Å²) >= 11 is 0. The van der Waals surface area contributed by atoms with Crippen molar-refractivity contribution < 1.29 is 9.59 Å². The van der Waals surface area contributed by atoms with Crippen molar-refractivity contribution in [2.45, 2.75) is 32.2 Å². The van der Waals surface area contributed by atoms with Gasteiger partial charge in [-0.15, -0.1) is 0 Å². The monoisotopic (exact) mass is 434 g/mol. The fourth-order valence-corrected chi connectivity index (χ4v) is 5.39. The van der Waals surface area contributed by atoms with E-state index in [1.54, 1.807) is 6.92 Å². The predicted molar refractivity (Wildman–Crippen MR) is 128 cm³/mol. The zero-order valence-corrected chi connectivity index (χ0v) is 19.1. The molecule has 2 aliphatic heterocycles. The van der Waals surface area contributed by atoms with Crippen molar-refractivity contribution in [2.75, 3.05) is 63.8 Å². The van der Waals surface area contributed by atoms with Crippen LogP contribution in [0.3, 0.4) is 0 Å². The summed E-state index contributed by atoms with van der Waals surface area (Å²) in [6.07, 6.45) is 4.04. The number of fused-ring (bicyclic) bond motifs is 1. The maximum absolute atomic E-state index is 12.9. The quantitative estimate of drug-likeness (QED) is 0.678. The second-order valence-electron chi connectivity index (χ2n) is 9.50. The van der Waals surface area contributed by atoms with E-state index in [0.717, 1.165) is 74.7 Å². The molecule has 0 bridgehead atoms. The number of Topliss-reactive ketones (excluding diaryl/α,β-unsaturated/α-hetero) is 1. The second-order valence-corrected chi connectivity index (χ2v) is 9.50. The Morgan fingerprint density at radius 1 is 0.844 bits per heavy atom. The minimum absolute atomic E-state index is 0.101. The molecule has 6 heteroatoms. The molecule has 2 saturated heterocycles. The topological polar surface area (TPSA) is 47.1 Å². The summed E-state index contributed by atoms with van der Waals surface area (Å²) < 4.78 is 0. The summed E-state index contributed by atoms with van der Waals surface area (Å²) in [5, 5.41) is 2.16. The van der Waals surface area contributed by atoms with Gasteiger partial charge in [-0.1, -0.05) is 30.7 Å². The molecule has 1 saturated carbocycles. The van der Waals surface area contributed by atoms with Crippen LogP contribution in [0.5, 0.6) is 0 Å². The van der Waals surface area contributed by atoms with Gasteiger partial charge in [0, 0.05) is 75.0 Å². The van der Waals surface area contributed by atoms with Gasteiger partial charge in [0.25, 0.3) is 0 Å². The van der Waals surface area contributed by atoms with E-state index in [1.165, 1.54) is 24.9 Å². The highest BCUT2D eigenvalue weighted by Gasteiger charge is 2.30. The van der Waals surface area contributed by atoms with E-state index in [-0.39, 0.29) is 11.7 Å². The third kappa shape index (κ3) is 4.26. The number of anilines is 1. The number of hydrogen-bond acceptors (Lipinski definition) is 5. The van der Waals surface area contributed by atoms with Crippen molar-refractivity contribution in [3.63, 3.8) is 0 Å². The van der Waals surface area contributed by atoms with Gasteiger partial charge in [0.15, 0.2) is 5.78 Å². The van der Waals surface area contributed by atoms with Gasteiger partial charge in [-0.05, 0) is 37.3 Å². The smallest absolute Gasteiger partial charge is 0.236 e. The van der Waals surface area contributed by atoms with Crippen LogP contribution < -0.4 is 4.90 Å². The number of hydrogen-bond donors (Lipinski definition) is 0. The lowest BCUT2D eigenvalue weighted by Gasteiger charge is -2.43. The van der Waals surface area contributed by atoms with E-state index in [9.17, 15) is 9.59 Å². The Morgan fingerprint density at radius 2 is 1.53 bits per heavy atom. The Hall–Kier alpha value is -2.44. The van der Waals surface area contributed by atoms with E-state index in [1.807, 2.05) is 24.3 Å². The summed E-state index contributed by atoms with van der Waals surface area (Å²) in [6, 6.07) is 13.0. The molecule has 0 N–H and O–H groups in total. The SMILES string of the molecule is CC(=O)c1ccc(N2CCN(CC(=O)N3CCN(C4CCC4)CC3)CC2)c2ccccc12. The molecule has 3 aliphatic rings. The maximum atomic E-state index is 12.9. The molecule has 1 amide bonds. The highest BCUT2D eigenvalue weighted by atomic mass is 16.2. The molecule has 2 aromatic rings. The van der Waals surface area contributed by atoms with Crippen LogP contribution in [0.4, 0.5) is 5.69 Å². The van der Waals surface area contributed by atoms with E-state index in [4.69, 9.17) is 0 Å². The van der Waals surface area contributed by atoms with Crippen LogP contribution >= 0.6 is 0 Å². The molecule has 6 nitrogen and oxygen atoms in total. The van der Waals surface area contributed by atoms with Crippen molar-refractivity contribution in [1.29, 1.82) is 0 Å². The number of ketones is 1. The van der Waals surface area contributed by atoms with Crippen LogP contribution in [0.2, 0.25) is 0 Å². The first kappa shape index (κ1) is 21.4. The molecule has 1 aliphatic carbocycles. The normalized spacial score (nSPS) is 21.0. The second kappa shape index (κ2) is 9.20. The standard InChI is InChI=1S/C26H34N4O2/c1-20(31)22-9-10-25(24-8-3-2-7-23(22)24)29-13-11-27(12-14-29)19-26(32)30-17-15-28(16-18-30)21-5-4-6-21/h2-3,7-10,21H,4-6,11-19H2,1H3. The van der Waals surface area contributed by atoms with Crippen molar-refractivity contribution in [1.82, 2.24) is 14.7 Å². The fraction of sp³-hybridized carbons (Fsp3) is 0.538. The highest BCUT2D eigenvalue weighted by molar-refractivity contribution is 6.10. The van der Waals surface area contributed by atoms with Crippen LogP contribution in [-0.4, -0.2) is 91.3 Å². The Bertz CT molecular complexity index is 986. The van der Waals surface area contributed by atoms with Crippen LogP contribution in [-0.2, 0) is 4.79 Å². The predicted octanol–water partition coefficient (Wildman–Crippen LogP) is 2.86. The van der Waals surface area contributed by atoms with Gasteiger partial charge in [-0.25, -0.2) is 0 Å². The van der Waals surface area contributed by atoms with Gasteiger partial charge in [0.1, 0.15) is 0 Å². The number of nitrogens with zero attached hydrogens (tertiary/aromatic N) is 4. The van der Waals surface area contributed by atoms with Gasteiger partial charge < -0.3 is 9.80 Å². The molecule has 0 radical (unpaired) electrons. The van der Waals surface area contributed by atoms with Crippen molar-refractivity contribution >= 4 is 28.2 Å². The van der Waals surface area contributed by atoms with Crippen LogP contribution in [0.15, 0.2) is 36.4 Å². The molecule has 2 aromatic carbocycles. The third-order valence-corrected chi connectivity index (χ3v) is 7.61. The number of rotatable bonds is 5. The maximum Gasteiger partial charge on any atom is 0.236 e. The van der Waals surface area contributed by atoms with E-state index in [0.29, 0.717) is 6.54 Å². The molecular weight excluding hydrogens is 400 g/mol. The van der Waals surface area contributed by atoms with Crippen LogP contribution in [0.25, 0.3) is 10.8 Å². The molecule has 32 heavy (non-hydrogen) atoms. The van der Waals surface area contributed by atoms with Crippen molar-refractivity contribution in [3.05, 3.63) is 42.0 Å². The minimum Gasteiger partial charge on any atom is -0.368 e. The molecule has 0 unspecified atom stereocenters. The van der Waals surface area contributed by atoms with Crippen LogP contribution in [0, 0.1) is 0 Å². The van der Waals surface area contributed by atoms with Gasteiger partial charge in [-0.2, -0.15) is 0 Å². The molecule has 170 valence electrons. The number of carbonyl (C=O) groups excluding carboxylic acids is 2. The van der Waals surface area contributed by atoms with Gasteiger partial charge >= 0.3 is 0 Å². The first-order chi connectivity index (χ1) is 15.6. The zero-order chi connectivity index (χ0) is 22.1. The Kier molecular flexibility index (Phi) is 6.15. The number of carbonyl (C=O) groups is 2. The van der Waals surface area contributed by atoms with E-state index in [2.05, 4.69) is 31.7 Å². The molecule has 2 heterocycles. The van der Waals surface area contributed by atoms with Crippen molar-refractivity contribution in [2.24, 2.45) is 0 Å². The average molecular weight is 435 g/mol. The third-order valence-electron chi connectivity index (χ3n) is 7.61. The summed E-state index contributed by atoms with van der Waals surface area (Å²) in [6.45, 7) is 9.55. The largest absolute Gasteiger partial charge is 0.368 e. The van der Waals surface area contributed by atoms with E-state index >= 15 is 0 Å². The Labute approximate surface area is 190 Å². The van der Waals surface area contributed by atoms with Gasteiger partial charge in [-0.3, -0.25) is 19.4 Å². The van der Waals surface area contributed by atoms with E-state index < -0.39 is 0 Å². The summed E-state index contributed by atoms with van der Waals surface area (Å²) in [7, 11) is 0. The Balaban J connectivity index is 1.17. The first-order valence-corrected chi connectivity index (χ1v) is 12.1. The average Bonchev–Trinajstić information content (AvgIpc) is 2.78. The molecule has 0 spiro atoms. The lowest BCUT2D eigenvalue weighted by Crippen LogP contribution is -2.56. The molecule has 5 rings (SSSR count). The van der Waals surface area contributed by atoms with Crippen molar-refractivity contribution in [3.8, 4) is 0 Å². The summed E-state index contributed by atoms with van der Waals surface area (Å²) in [4.78, 5) is 34.2. The minimum atomic E-state index is 0.101. The number of amides is 1. The Morgan fingerprint density at radius 3 is 2.16 bits per heavy atom. The van der Waals surface area contributed by atoms with Gasteiger partial charge in [0.2, 0.25) is 5.91 Å². The zero-order valence-electron chi connectivity index (χ0n) is 19.1. The lowest BCUT2D eigenvalue weighted by atomic mass is 9.91.